The van der Waals surface area contributed by atoms with Gasteiger partial charge < -0.3 is 5.11 Å². The number of carboxylic acids is 1. The van der Waals surface area contributed by atoms with Crippen LogP contribution in [0.5, 0.6) is 0 Å². The molecule has 0 amide bonds. The first kappa shape index (κ1) is 16.9. The molecule has 0 spiro atoms. The summed E-state index contributed by atoms with van der Waals surface area (Å²) in [5, 5.41) is 19.3. The Labute approximate surface area is 122 Å². The van der Waals surface area contributed by atoms with E-state index in [1.807, 2.05) is 0 Å². The van der Waals surface area contributed by atoms with Crippen molar-refractivity contribution in [2.45, 2.75) is 26.7 Å². The van der Waals surface area contributed by atoms with E-state index in [0.29, 0.717) is 11.1 Å². The Morgan fingerprint density at radius 3 is 2.48 bits per heavy atom. The highest BCUT2D eigenvalue weighted by Crippen LogP contribution is 2.27. The predicted molar refractivity (Wildman–Crippen MR) is 76.8 cm³/mol. The summed E-state index contributed by atoms with van der Waals surface area (Å²) in [5.41, 5.74) is 0.942. The molecule has 21 heavy (non-hydrogen) atoms. The lowest BCUT2D eigenvalue weighted by Gasteiger charge is -2.11. The summed E-state index contributed by atoms with van der Waals surface area (Å²) in [6.45, 7) is 3.20. The van der Waals surface area contributed by atoms with Crippen LogP contribution in [-0.4, -0.2) is 30.2 Å². The number of nitro groups is 1. The van der Waals surface area contributed by atoms with Crippen LogP contribution < -0.4 is 4.72 Å². The van der Waals surface area contributed by atoms with Crippen LogP contribution in [0, 0.1) is 24.0 Å². The van der Waals surface area contributed by atoms with Crippen LogP contribution >= 0.6 is 0 Å². The van der Waals surface area contributed by atoms with E-state index in [4.69, 9.17) is 5.11 Å². The van der Waals surface area contributed by atoms with Crippen molar-refractivity contribution in [2.24, 2.45) is 0 Å². The van der Waals surface area contributed by atoms with Gasteiger partial charge in [-0.25, -0.2) is 8.42 Å². The highest BCUT2D eigenvalue weighted by molar-refractivity contribution is 7.92. The number of sulfonamides is 1. The number of aliphatic carboxylic acids is 1. The van der Waals surface area contributed by atoms with Crippen molar-refractivity contribution in [3.05, 3.63) is 33.4 Å². The first-order chi connectivity index (χ1) is 9.62. The molecule has 116 valence electrons. The van der Waals surface area contributed by atoms with Crippen molar-refractivity contribution in [3.63, 3.8) is 0 Å². The van der Waals surface area contributed by atoms with E-state index in [1.54, 1.807) is 13.8 Å². The molecule has 1 aromatic carbocycles. The Kier molecular flexibility index (Phi) is 5.25. The Hall–Kier alpha value is -2.16. The Bertz CT molecular complexity index is 669. The van der Waals surface area contributed by atoms with Crippen LogP contribution in [0.25, 0.3) is 0 Å². The maximum Gasteiger partial charge on any atom is 0.303 e. The highest BCUT2D eigenvalue weighted by atomic mass is 32.2. The van der Waals surface area contributed by atoms with Crippen molar-refractivity contribution < 1.29 is 23.2 Å². The van der Waals surface area contributed by atoms with Crippen molar-refractivity contribution in [2.75, 3.05) is 10.5 Å². The molecule has 0 aliphatic heterocycles. The molecule has 0 atom stereocenters. The fourth-order valence-electron chi connectivity index (χ4n) is 1.78. The summed E-state index contributed by atoms with van der Waals surface area (Å²) >= 11 is 0. The van der Waals surface area contributed by atoms with E-state index < -0.39 is 20.9 Å². The summed E-state index contributed by atoms with van der Waals surface area (Å²) in [6, 6.07) is 2.69. The second kappa shape index (κ2) is 6.53. The van der Waals surface area contributed by atoms with Crippen LogP contribution in [0.1, 0.15) is 24.0 Å². The minimum absolute atomic E-state index is 0.0301. The van der Waals surface area contributed by atoms with Gasteiger partial charge in [-0.1, -0.05) is 0 Å². The van der Waals surface area contributed by atoms with Crippen molar-refractivity contribution in [1.29, 1.82) is 0 Å². The number of carboxylic acid groups (broad SMARTS) is 1. The smallest absolute Gasteiger partial charge is 0.303 e. The summed E-state index contributed by atoms with van der Waals surface area (Å²) in [4.78, 5) is 20.6. The maximum atomic E-state index is 11.8. The van der Waals surface area contributed by atoms with Gasteiger partial charge in [-0.15, -0.1) is 0 Å². The number of nitrogens with zero attached hydrogens (tertiary/aromatic N) is 1. The summed E-state index contributed by atoms with van der Waals surface area (Å²) < 4.78 is 25.9. The molecule has 8 nitrogen and oxygen atoms in total. The van der Waals surface area contributed by atoms with Gasteiger partial charge in [0.25, 0.3) is 5.69 Å². The van der Waals surface area contributed by atoms with Gasteiger partial charge in [0.2, 0.25) is 10.0 Å². The van der Waals surface area contributed by atoms with E-state index in [9.17, 15) is 23.3 Å². The van der Waals surface area contributed by atoms with Crippen LogP contribution in [0.15, 0.2) is 12.1 Å². The lowest BCUT2D eigenvalue weighted by molar-refractivity contribution is -0.385. The average Bonchev–Trinajstić information content (AvgIpc) is 2.31. The largest absolute Gasteiger partial charge is 0.481 e. The van der Waals surface area contributed by atoms with Gasteiger partial charge in [0.15, 0.2) is 0 Å². The zero-order valence-electron chi connectivity index (χ0n) is 11.6. The van der Waals surface area contributed by atoms with E-state index in [0.717, 1.165) is 0 Å². The van der Waals surface area contributed by atoms with Crippen LogP contribution in [0.4, 0.5) is 11.4 Å². The molecule has 1 rings (SSSR count). The number of benzene rings is 1. The zero-order chi connectivity index (χ0) is 16.2. The lowest BCUT2D eigenvalue weighted by Crippen LogP contribution is -2.18. The van der Waals surface area contributed by atoms with Gasteiger partial charge in [0.05, 0.1) is 16.4 Å². The fourth-order valence-corrected chi connectivity index (χ4v) is 2.96. The summed E-state index contributed by atoms with van der Waals surface area (Å²) in [6.07, 6.45) is -0.286. The topological polar surface area (TPSA) is 127 Å². The maximum absolute atomic E-state index is 11.8. The third kappa shape index (κ3) is 5.03. The van der Waals surface area contributed by atoms with Crippen molar-refractivity contribution in [3.8, 4) is 0 Å². The first-order valence-corrected chi connectivity index (χ1v) is 7.75. The van der Waals surface area contributed by atoms with E-state index in [1.165, 1.54) is 12.1 Å². The minimum Gasteiger partial charge on any atom is -0.481 e. The van der Waals surface area contributed by atoms with Gasteiger partial charge >= 0.3 is 5.97 Å². The molecule has 0 bridgehead atoms. The Morgan fingerprint density at radius 1 is 1.33 bits per heavy atom. The number of aryl methyl sites for hydroxylation is 2. The minimum atomic E-state index is -3.74. The summed E-state index contributed by atoms with van der Waals surface area (Å²) in [5.74, 6) is -1.44. The normalized spacial score (nSPS) is 11.1. The average molecular weight is 316 g/mol. The van der Waals surface area contributed by atoms with Crippen LogP contribution in [-0.2, 0) is 14.8 Å². The number of nitrogens with one attached hydrogen (secondary N) is 1. The van der Waals surface area contributed by atoms with Crippen LogP contribution in [0.2, 0.25) is 0 Å². The second-order valence-electron chi connectivity index (χ2n) is 4.63. The molecule has 0 aromatic heterocycles. The molecule has 1 aromatic rings. The molecule has 0 saturated heterocycles. The third-order valence-corrected chi connectivity index (χ3v) is 4.17. The van der Waals surface area contributed by atoms with Gasteiger partial charge in [0.1, 0.15) is 0 Å². The van der Waals surface area contributed by atoms with Gasteiger partial charge in [-0.2, -0.15) is 0 Å². The third-order valence-electron chi connectivity index (χ3n) is 2.81. The second-order valence-corrected chi connectivity index (χ2v) is 6.47. The first-order valence-electron chi connectivity index (χ1n) is 6.10. The lowest BCUT2D eigenvalue weighted by atomic mass is 10.1. The molecular weight excluding hydrogens is 300 g/mol. The van der Waals surface area contributed by atoms with Crippen LogP contribution in [0.3, 0.4) is 0 Å². The molecule has 0 heterocycles. The highest BCUT2D eigenvalue weighted by Gasteiger charge is 2.17. The van der Waals surface area contributed by atoms with E-state index >= 15 is 0 Å². The van der Waals surface area contributed by atoms with E-state index in [2.05, 4.69) is 4.72 Å². The molecular formula is C12H16N2O6S. The van der Waals surface area contributed by atoms with Crippen molar-refractivity contribution >= 4 is 27.4 Å². The van der Waals surface area contributed by atoms with Crippen molar-refractivity contribution in [1.82, 2.24) is 0 Å². The molecule has 0 fully saturated rings. The molecule has 0 aliphatic rings. The van der Waals surface area contributed by atoms with Gasteiger partial charge in [-0.3, -0.25) is 19.6 Å². The van der Waals surface area contributed by atoms with Gasteiger partial charge in [0, 0.05) is 18.1 Å². The molecule has 2 N–H and O–H groups in total. The fraction of sp³-hybridized carbons (Fsp3) is 0.417. The molecule has 0 radical (unpaired) electrons. The Balaban J connectivity index is 2.94. The van der Waals surface area contributed by atoms with E-state index in [-0.39, 0.29) is 30.0 Å². The monoisotopic (exact) mass is 316 g/mol. The number of nitro benzene ring substituents is 1. The molecule has 0 saturated carbocycles. The van der Waals surface area contributed by atoms with Gasteiger partial charge in [-0.05, 0) is 31.9 Å². The number of hydrogen-bond acceptors (Lipinski definition) is 5. The predicted octanol–water partition coefficient (Wildman–Crippen LogP) is 1.82. The molecule has 9 heteroatoms. The number of rotatable bonds is 7. The standard InChI is InChI=1S/C12H16N2O6S/c1-8-6-9(2)11(14(17)18)7-10(8)13-21(19,20)5-3-4-12(15)16/h6-7,13H,3-5H2,1-2H3,(H,15,16). The quantitative estimate of drug-likeness (QED) is 0.583. The number of carbonyl (C=O) groups is 1. The number of hydrogen-bond donors (Lipinski definition) is 2. The molecule has 0 unspecified atom stereocenters. The molecule has 0 aliphatic carbocycles. The number of anilines is 1. The zero-order valence-corrected chi connectivity index (χ0v) is 12.4. The Morgan fingerprint density at radius 2 is 1.95 bits per heavy atom. The SMILES string of the molecule is Cc1cc(C)c([N+](=O)[O-])cc1NS(=O)(=O)CCCC(=O)O. The summed E-state index contributed by atoms with van der Waals surface area (Å²) in [7, 11) is -3.74.